The van der Waals surface area contributed by atoms with Crippen molar-refractivity contribution in [1.29, 1.82) is 0 Å². The number of thiophene rings is 1. The number of carbonyl (C=O) groups is 1. The average Bonchev–Trinajstić information content (AvgIpc) is 2.84. The number of benzene rings is 1. The number of amides is 1. The minimum atomic E-state index is -3.86. The van der Waals surface area contributed by atoms with Crippen LogP contribution < -0.4 is 4.72 Å². The van der Waals surface area contributed by atoms with E-state index in [1.807, 2.05) is 22.9 Å². The maximum Gasteiger partial charge on any atom is 0.421 e. The zero-order valence-corrected chi connectivity index (χ0v) is 12.3. The van der Waals surface area contributed by atoms with Gasteiger partial charge < -0.3 is 4.74 Å². The summed E-state index contributed by atoms with van der Waals surface area (Å²) in [5.41, 5.74) is 1.38. The van der Waals surface area contributed by atoms with Gasteiger partial charge in [0.15, 0.2) is 0 Å². The molecule has 106 valence electrons. The molecule has 1 aromatic carbocycles. The van der Waals surface area contributed by atoms with Crippen molar-refractivity contribution in [1.82, 2.24) is 4.72 Å². The van der Waals surface area contributed by atoms with Gasteiger partial charge in [0, 0.05) is 0 Å². The third kappa shape index (κ3) is 3.58. The first-order valence-electron chi connectivity index (χ1n) is 5.76. The molecule has 2 rings (SSSR count). The number of hydrogen-bond acceptors (Lipinski definition) is 5. The maximum absolute atomic E-state index is 11.9. The molecule has 0 aliphatic carbocycles. The van der Waals surface area contributed by atoms with Gasteiger partial charge in [-0.1, -0.05) is 30.3 Å². The van der Waals surface area contributed by atoms with E-state index in [0.29, 0.717) is 5.56 Å². The fraction of sp³-hybridized carbons (Fsp3) is 0.154. The number of ether oxygens (including phenoxy) is 1. The van der Waals surface area contributed by atoms with Gasteiger partial charge in [0.1, 0.15) is 10.8 Å². The second kappa shape index (κ2) is 6.06. The van der Waals surface area contributed by atoms with Crippen LogP contribution in [-0.4, -0.2) is 14.5 Å². The number of nitrogens with one attached hydrogen (secondary N) is 1. The Hall–Kier alpha value is -1.86. The highest BCUT2D eigenvalue weighted by Gasteiger charge is 2.21. The van der Waals surface area contributed by atoms with Crippen molar-refractivity contribution < 1.29 is 17.9 Å². The highest BCUT2D eigenvalue weighted by molar-refractivity contribution is 7.92. The number of carbonyl (C=O) groups excluding carboxylic acids is 1. The topological polar surface area (TPSA) is 72.5 Å². The van der Waals surface area contributed by atoms with E-state index in [0.717, 1.165) is 16.9 Å². The lowest BCUT2D eigenvalue weighted by Gasteiger charge is -2.07. The van der Waals surface area contributed by atoms with Crippen molar-refractivity contribution in [3.63, 3.8) is 0 Å². The van der Waals surface area contributed by atoms with E-state index < -0.39 is 16.1 Å². The molecule has 1 aromatic heterocycles. The van der Waals surface area contributed by atoms with Gasteiger partial charge in [-0.25, -0.2) is 17.9 Å². The van der Waals surface area contributed by atoms with Gasteiger partial charge in [-0.2, -0.15) is 0 Å². The third-order valence-electron chi connectivity index (χ3n) is 2.49. The summed E-state index contributed by atoms with van der Waals surface area (Å²) in [6.07, 6.45) is -0.985. The largest absolute Gasteiger partial charge is 0.444 e. The molecular formula is C13H13NO4S2. The molecule has 1 amide bonds. The summed E-state index contributed by atoms with van der Waals surface area (Å²) < 4.78 is 30.8. The molecule has 0 unspecified atom stereocenters. The molecular weight excluding hydrogens is 298 g/mol. The van der Waals surface area contributed by atoms with Gasteiger partial charge in [-0.3, -0.25) is 0 Å². The number of hydrogen-bond donors (Lipinski definition) is 1. The first kappa shape index (κ1) is 14.5. The Morgan fingerprint density at radius 3 is 2.55 bits per heavy atom. The fourth-order valence-electron chi connectivity index (χ4n) is 1.54. The first-order chi connectivity index (χ1) is 9.49. The Morgan fingerprint density at radius 1 is 1.25 bits per heavy atom. The highest BCUT2D eigenvalue weighted by atomic mass is 32.2. The number of aryl methyl sites for hydroxylation is 1. The Labute approximate surface area is 121 Å². The van der Waals surface area contributed by atoms with Crippen LogP contribution in [0.5, 0.6) is 0 Å². The fourth-order valence-corrected chi connectivity index (χ4v) is 3.85. The first-order valence-corrected chi connectivity index (χ1v) is 8.13. The van der Waals surface area contributed by atoms with Crippen molar-refractivity contribution in [2.75, 3.05) is 0 Å². The Balaban J connectivity index is 1.97. The Morgan fingerprint density at radius 2 is 1.95 bits per heavy atom. The van der Waals surface area contributed by atoms with Crippen molar-refractivity contribution in [2.45, 2.75) is 17.7 Å². The van der Waals surface area contributed by atoms with E-state index in [1.165, 1.54) is 0 Å². The summed E-state index contributed by atoms with van der Waals surface area (Å²) in [5.74, 6) is 0. The zero-order chi connectivity index (χ0) is 14.6. The maximum atomic E-state index is 11.9. The second-order valence-corrected chi connectivity index (χ2v) is 6.85. The van der Waals surface area contributed by atoms with Crippen LogP contribution >= 0.6 is 11.3 Å². The standard InChI is InChI=1S/C13H13NO4S2/c1-10-7-8-19-12(10)20(16,17)14-13(15)18-9-11-5-3-2-4-6-11/h2-8H,9H2,1H3,(H,14,15). The van der Waals surface area contributed by atoms with E-state index in [4.69, 9.17) is 4.74 Å². The Kier molecular flexibility index (Phi) is 4.41. The summed E-state index contributed by atoms with van der Waals surface area (Å²) in [4.78, 5) is 11.5. The molecule has 1 heterocycles. The van der Waals surface area contributed by atoms with E-state index in [-0.39, 0.29) is 10.8 Å². The van der Waals surface area contributed by atoms with Gasteiger partial charge in [0.05, 0.1) is 0 Å². The van der Waals surface area contributed by atoms with Gasteiger partial charge in [0.25, 0.3) is 10.0 Å². The molecule has 0 saturated heterocycles. The summed E-state index contributed by atoms with van der Waals surface area (Å²) >= 11 is 1.05. The normalized spacial score (nSPS) is 11.1. The monoisotopic (exact) mass is 311 g/mol. The lowest BCUT2D eigenvalue weighted by atomic mass is 10.2. The van der Waals surface area contributed by atoms with Crippen LogP contribution in [0.4, 0.5) is 4.79 Å². The van der Waals surface area contributed by atoms with Crippen molar-refractivity contribution in [2.24, 2.45) is 0 Å². The lowest BCUT2D eigenvalue weighted by Crippen LogP contribution is -2.30. The van der Waals surface area contributed by atoms with Gasteiger partial charge >= 0.3 is 6.09 Å². The third-order valence-corrected chi connectivity index (χ3v) is 5.49. The number of rotatable bonds is 4. The van der Waals surface area contributed by atoms with Crippen molar-refractivity contribution in [3.05, 3.63) is 52.9 Å². The summed E-state index contributed by atoms with van der Waals surface area (Å²) in [7, 11) is -3.86. The van der Waals surface area contributed by atoms with E-state index in [2.05, 4.69) is 0 Å². The molecule has 0 atom stereocenters. The van der Waals surface area contributed by atoms with E-state index in [9.17, 15) is 13.2 Å². The quantitative estimate of drug-likeness (QED) is 0.942. The zero-order valence-electron chi connectivity index (χ0n) is 10.7. The van der Waals surface area contributed by atoms with E-state index >= 15 is 0 Å². The minimum Gasteiger partial charge on any atom is -0.444 e. The molecule has 0 bridgehead atoms. The van der Waals surface area contributed by atoms with Crippen molar-refractivity contribution >= 4 is 27.5 Å². The van der Waals surface area contributed by atoms with Crippen LogP contribution in [0.2, 0.25) is 0 Å². The molecule has 2 aromatic rings. The molecule has 7 heteroatoms. The van der Waals surface area contributed by atoms with Crippen LogP contribution in [0, 0.1) is 6.92 Å². The lowest BCUT2D eigenvalue weighted by molar-refractivity contribution is 0.146. The highest BCUT2D eigenvalue weighted by Crippen LogP contribution is 2.21. The van der Waals surface area contributed by atoms with Gasteiger partial charge in [-0.05, 0) is 29.5 Å². The van der Waals surface area contributed by atoms with Crippen LogP contribution in [0.3, 0.4) is 0 Å². The smallest absolute Gasteiger partial charge is 0.421 e. The van der Waals surface area contributed by atoms with Crippen LogP contribution in [0.15, 0.2) is 46.0 Å². The molecule has 0 fully saturated rings. The molecule has 0 aliphatic heterocycles. The predicted molar refractivity (Wildman–Crippen MR) is 76.0 cm³/mol. The summed E-state index contributed by atoms with van der Waals surface area (Å²) in [6, 6.07) is 10.7. The average molecular weight is 311 g/mol. The molecule has 0 spiro atoms. The molecule has 0 aliphatic rings. The van der Waals surface area contributed by atoms with Crippen molar-refractivity contribution in [3.8, 4) is 0 Å². The molecule has 0 radical (unpaired) electrons. The van der Waals surface area contributed by atoms with Crippen LogP contribution in [0.1, 0.15) is 11.1 Å². The Bertz CT molecular complexity index is 692. The molecule has 1 N–H and O–H groups in total. The summed E-state index contributed by atoms with van der Waals surface area (Å²) in [6.45, 7) is 1.69. The number of sulfonamides is 1. The SMILES string of the molecule is Cc1ccsc1S(=O)(=O)NC(=O)OCc1ccccc1. The molecule has 5 nitrogen and oxygen atoms in total. The molecule has 20 heavy (non-hydrogen) atoms. The van der Waals surface area contributed by atoms with Crippen LogP contribution in [0.25, 0.3) is 0 Å². The predicted octanol–water partition coefficient (Wildman–Crippen LogP) is 2.67. The van der Waals surface area contributed by atoms with Gasteiger partial charge in [-0.15, -0.1) is 11.3 Å². The summed E-state index contributed by atoms with van der Waals surface area (Å²) in [5, 5.41) is 1.65. The van der Waals surface area contributed by atoms with Crippen LogP contribution in [-0.2, 0) is 21.4 Å². The van der Waals surface area contributed by atoms with Gasteiger partial charge in [0.2, 0.25) is 0 Å². The van der Waals surface area contributed by atoms with E-state index in [1.54, 1.807) is 30.5 Å². The second-order valence-electron chi connectivity index (χ2n) is 4.06. The minimum absolute atomic E-state index is 0.0195. The molecule has 0 saturated carbocycles.